The summed E-state index contributed by atoms with van der Waals surface area (Å²) in [7, 11) is -3.63. The lowest BCUT2D eigenvalue weighted by molar-refractivity contribution is 0.600. The molecule has 0 aliphatic heterocycles. The van der Waals surface area contributed by atoms with Gasteiger partial charge in [0, 0.05) is 29.5 Å². The first kappa shape index (κ1) is 16.1. The maximum atomic E-state index is 12.5. The number of nitrogens with two attached hydrogens (primary N) is 1. The van der Waals surface area contributed by atoms with Gasteiger partial charge in [0.25, 0.3) is 10.0 Å². The van der Waals surface area contributed by atoms with Gasteiger partial charge in [-0.3, -0.25) is 4.72 Å². The topological polar surface area (TPSA) is 77.1 Å². The van der Waals surface area contributed by atoms with E-state index in [1.165, 1.54) is 0 Å². The number of aryl methyl sites for hydroxylation is 2. The standard InChI is InChI=1S/C14H18BrN3O2S/c1-3-18-9-12(7-11(18)8-16)21(19,20)17-13-6-4-5-10(2)14(13)15/h4-7,9,17H,3,8,16H2,1-2H3. The zero-order valence-corrected chi connectivity index (χ0v) is 14.3. The smallest absolute Gasteiger partial charge is 0.263 e. The van der Waals surface area contributed by atoms with E-state index in [1.54, 1.807) is 24.4 Å². The van der Waals surface area contributed by atoms with Crippen LogP contribution in [0.4, 0.5) is 5.69 Å². The molecule has 0 bridgehead atoms. The molecule has 21 heavy (non-hydrogen) atoms. The fourth-order valence-corrected chi connectivity index (χ4v) is 3.70. The predicted molar refractivity (Wildman–Crippen MR) is 87.7 cm³/mol. The van der Waals surface area contributed by atoms with Gasteiger partial charge in [-0.25, -0.2) is 8.42 Å². The lowest BCUT2D eigenvalue weighted by atomic mass is 10.2. The minimum atomic E-state index is -3.63. The maximum Gasteiger partial charge on any atom is 0.263 e. The zero-order valence-electron chi connectivity index (χ0n) is 11.9. The van der Waals surface area contributed by atoms with Crippen molar-refractivity contribution in [3.05, 3.63) is 46.2 Å². The molecule has 114 valence electrons. The van der Waals surface area contributed by atoms with Gasteiger partial charge in [0.05, 0.1) is 5.69 Å². The third kappa shape index (κ3) is 3.30. The Kier molecular flexibility index (Phi) is 4.75. The molecule has 1 aromatic carbocycles. The van der Waals surface area contributed by atoms with E-state index in [1.807, 2.05) is 24.5 Å². The second-order valence-corrected chi connectivity index (χ2v) is 7.17. The van der Waals surface area contributed by atoms with E-state index in [4.69, 9.17) is 5.73 Å². The van der Waals surface area contributed by atoms with E-state index in [-0.39, 0.29) is 4.90 Å². The molecule has 0 radical (unpaired) electrons. The molecule has 7 heteroatoms. The number of halogens is 1. The average Bonchev–Trinajstić information content (AvgIpc) is 2.88. The molecule has 0 atom stereocenters. The van der Waals surface area contributed by atoms with Gasteiger partial charge in [-0.05, 0) is 47.5 Å². The Balaban J connectivity index is 2.38. The van der Waals surface area contributed by atoms with Crippen LogP contribution < -0.4 is 10.5 Å². The van der Waals surface area contributed by atoms with E-state index in [0.29, 0.717) is 18.8 Å². The number of anilines is 1. The molecule has 0 saturated carbocycles. The molecule has 0 amide bonds. The summed E-state index contributed by atoms with van der Waals surface area (Å²) < 4.78 is 30.1. The van der Waals surface area contributed by atoms with Gasteiger partial charge in [-0.15, -0.1) is 0 Å². The number of aromatic nitrogens is 1. The van der Waals surface area contributed by atoms with E-state index in [2.05, 4.69) is 20.7 Å². The van der Waals surface area contributed by atoms with Crippen LogP contribution in [0.25, 0.3) is 0 Å². The molecule has 1 heterocycles. The van der Waals surface area contributed by atoms with Crippen LogP contribution in [0.15, 0.2) is 39.8 Å². The first-order chi connectivity index (χ1) is 9.89. The summed E-state index contributed by atoms with van der Waals surface area (Å²) in [6.07, 6.45) is 1.61. The molecule has 0 aliphatic rings. The molecule has 0 unspecified atom stereocenters. The fraction of sp³-hybridized carbons (Fsp3) is 0.286. The lowest BCUT2D eigenvalue weighted by Gasteiger charge is -2.10. The molecule has 3 N–H and O–H groups in total. The van der Waals surface area contributed by atoms with Gasteiger partial charge in [-0.1, -0.05) is 12.1 Å². The van der Waals surface area contributed by atoms with Crippen LogP contribution in [0, 0.1) is 6.92 Å². The Labute approximate surface area is 133 Å². The van der Waals surface area contributed by atoms with Gasteiger partial charge < -0.3 is 10.3 Å². The highest BCUT2D eigenvalue weighted by molar-refractivity contribution is 9.10. The summed E-state index contributed by atoms with van der Waals surface area (Å²) in [5.41, 5.74) is 7.91. The van der Waals surface area contributed by atoms with Crippen LogP contribution >= 0.6 is 15.9 Å². The Hall–Kier alpha value is -1.31. The highest BCUT2D eigenvalue weighted by atomic mass is 79.9. The number of hydrogen-bond donors (Lipinski definition) is 2. The summed E-state index contributed by atoms with van der Waals surface area (Å²) in [4.78, 5) is 0.221. The number of sulfonamides is 1. The molecule has 2 aromatic rings. The van der Waals surface area contributed by atoms with Crippen molar-refractivity contribution in [3.8, 4) is 0 Å². The monoisotopic (exact) mass is 371 g/mol. The Morgan fingerprint density at radius 2 is 2.10 bits per heavy atom. The predicted octanol–water partition coefficient (Wildman–Crippen LogP) is 2.84. The summed E-state index contributed by atoms with van der Waals surface area (Å²) in [6, 6.07) is 7.03. The highest BCUT2D eigenvalue weighted by Gasteiger charge is 2.19. The molecule has 0 fully saturated rings. The lowest BCUT2D eigenvalue weighted by Crippen LogP contribution is -2.13. The van der Waals surface area contributed by atoms with Crippen LogP contribution in [0.1, 0.15) is 18.2 Å². The molecule has 5 nitrogen and oxygen atoms in total. The third-order valence-electron chi connectivity index (χ3n) is 3.26. The van der Waals surface area contributed by atoms with Crippen LogP contribution in [0.3, 0.4) is 0 Å². The number of rotatable bonds is 5. The molecular formula is C14H18BrN3O2S. The normalized spacial score (nSPS) is 11.6. The largest absolute Gasteiger partial charge is 0.349 e. The molecule has 0 aliphatic carbocycles. The van der Waals surface area contributed by atoms with E-state index in [0.717, 1.165) is 15.7 Å². The van der Waals surface area contributed by atoms with Crippen LogP contribution in [0.2, 0.25) is 0 Å². The van der Waals surface area contributed by atoms with Crippen LogP contribution in [-0.2, 0) is 23.1 Å². The van der Waals surface area contributed by atoms with Crippen molar-refractivity contribution in [3.63, 3.8) is 0 Å². The Morgan fingerprint density at radius 1 is 1.38 bits per heavy atom. The summed E-state index contributed by atoms with van der Waals surface area (Å²) >= 11 is 3.40. The first-order valence-corrected chi connectivity index (χ1v) is 8.83. The third-order valence-corrected chi connectivity index (χ3v) is 5.64. The molecule has 0 saturated heterocycles. The first-order valence-electron chi connectivity index (χ1n) is 6.56. The van der Waals surface area contributed by atoms with Crippen molar-refractivity contribution in [1.29, 1.82) is 0 Å². The Bertz CT molecular complexity index is 732. The van der Waals surface area contributed by atoms with Crippen molar-refractivity contribution < 1.29 is 8.42 Å². The number of nitrogens with zero attached hydrogens (tertiary/aromatic N) is 1. The fourth-order valence-electron chi connectivity index (χ4n) is 2.07. The van der Waals surface area contributed by atoms with Crippen LogP contribution in [-0.4, -0.2) is 13.0 Å². The van der Waals surface area contributed by atoms with Gasteiger partial charge in [0.2, 0.25) is 0 Å². The summed E-state index contributed by atoms with van der Waals surface area (Å²) in [5.74, 6) is 0. The minimum absolute atomic E-state index is 0.221. The van der Waals surface area contributed by atoms with Crippen LogP contribution in [0.5, 0.6) is 0 Å². The minimum Gasteiger partial charge on any atom is -0.349 e. The van der Waals surface area contributed by atoms with Gasteiger partial charge in [-0.2, -0.15) is 0 Å². The van der Waals surface area contributed by atoms with E-state index < -0.39 is 10.0 Å². The van der Waals surface area contributed by atoms with Crippen molar-refractivity contribution in [2.24, 2.45) is 5.73 Å². The number of benzene rings is 1. The zero-order chi connectivity index (χ0) is 15.6. The van der Waals surface area contributed by atoms with Gasteiger partial charge in [0.1, 0.15) is 4.90 Å². The highest BCUT2D eigenvalue weighted by Crippen LogP contribution is 2.28. The van der Waals surface area contributed by atoms with Crippen molar-refractivity contribution in [2.75, 3.05) is 4.72 Å². The Morgan fingerprint density at radius 3 is 2.67 bits per heavy atom. The number of nitrogens with one attached hydrogen (secondary N) is 1. The van der Waals surface area contributed by atoms with E-state index in [9.17, 15) is 8.42 Å². The molecular weight excluding hydrogens is 354 g/mol. The maximum absolute atomic E-state index is 12.5. The van der Waals surface area contributed by atoms with Crippen molar-refractivity contribution >= 4 is 31.6 Å². The second-order valence-electron chi connectivity index (χ2n) is 4.70. The molecule has 0 spiro atoms. The quantitative estimate of drug-likeness (QED) is 0.847. The van der Waals surface area contributed by atoms with Gasteiger partial charge in [0.15, 0.2) is 0 Å². The molecule has 2 rings (SSSR count). The summed E-state index contributed by atoms with van der Waals surface area (Å²) in [5, 5.41) is 0. The van der Waals surface area contributed by atoms with Crippen molar-refractivity contribution in [2.45, 2.75) is 31.8 Å². The SMILES string of the molecule is CCn1cc(S(=O)(=O)Nc2cccc(C)c2Br)cc1CN. The molecule has 1 aromatic heterocycles. The number of hydrogen-bond acceptors (Lipinski definition) is 3. The van der Waals surface area contributed by atoms with Gasteiger partial charge >= 0.3 is 0 Å². The average molecular weight is 372 g/mol. The van der Waals surface area contributed by atoms with Crippen molar-refractivity contribution in [1.82, 2.24) is 4.57 Å². The summed E-state index contributed by atoms with van der Waals surface area (Å²) in [6.45, 7) is 4.83. The van der Waals surface area contributed by atoms with E-state index >= 15 is 0 Å². The second kappa shape index (κ2) is 6.21.